The molecule has 0 aliphatic carbocycles. The Kier molecular flexibility index (Phi) is 32.4. The maximum absolute atomic E-state index is 6.96. The Labute approximate surface area is 718 Å². The molecular formula is C83H108BI3N7OS11. The molecule has 23 heteroatoms. The van der Waals surface area contributed by atoms with Gasteiger partial charge < -0.3 is 0 Å². The number of thiophene rings is 4. The predicted octanol–water partition coefficient (Wildman–Crippen LogP) is 30.1. The van der Waals surface area contributed by atoms with E-state index in [-0.39, 0.29) is 0 Å². The van der Waals surface area contributed by atoms with Crippen LogP contribution < -0.4 is 0 Å². The van der Waals surface area contributed by atoms with Gasteiger partial charge in [-0.05, 0) is 199 Å². The molecule has 0 saturated heterocycles. The quantitative estimate of drug-likeness (QED) is 0.0233. The molecule has 0 spiro atoms. The van der Waals surface area contributed by atoms with Crippen LogP contribution in [0.25, 0.3) is 102 Å². The Morgan fingerprint density at radius 2 is 0.717 bits per heavy atom. The van der Waals surface area contributed by atoms with E-state index in [2.05, 4.69) is 198 Å². The molecule has 4 atom stereocenters. The van der Waals surface area contributed by atoms with E-state index in [0.717, 1.165) is 138 Å². The number of aliphatic hydroxyl groups is 1. The van der Waals surface area contributed by atoms with Gasteiger partial charge in [0.2, 0.25) is 0 Å². The average molecular weight is 1970 g/mol. The van der Waals surface area contributed by atoms with E-state index in [1.807, 2.05) is 92.7 Å². The first-order chi connectivity index (χ1) is 53.1. The number of aliphatic hydroxyl groups excluding tert-OH is 1. The van der Waals surface area contributed by atoms with Crippen LogP contribution in [0.2, 0.25) is 0 Å². The van der Waals surface area contributed by atoms with Crippen molar-refractivity contribution in [3.8, 4) is 60.7 Å². The summed E-state index contributed by atoms with van der Waals surface area (Å²) in [6.45, 7) is 30.3. The van der Waals surface area contributed by atoms with Crippen molar-refractivity contribution in [2.45, 2.75) is 218 Å². The number of hydrogen-bond donors (Lipinski definition) is 1. The van der Waals surface area contributed by atoms with Crippen molar-refractivity contribution in [1.82, 2.24) is 34.9 Å². The molecule has 0 fully saturated rings. The number of nitrogens with zero attached hydrogens (tertiary/aromatic N) is 7. The molecule has 571 valence electrons. The molecule has 0 aliphatic rings. The van der Waals surface area contributed by atoms with Crippen LogP contribution >= 0.6 is 190 Å². The predicted molar refractivity (Wildman–Crippen MR) is 510 cm³/mol. The van der Waals surface area contributed by atoms with Crippen LogP contribution in [0, 0.1) is 61.4 Å². The molecule has 11 heterocycles. The monoisotopic (exact) mass is 1970 g/mol. The topological polar surface area (TPSA) is 110 Å². The van der Waals surface area contributed by atoms with E-state index in [9.17, 15) is 0 Å². The van der Waals surface area contributed by atoms with Crippen molar-refractivity contribution < 1.29 is 5.11 Å². The van der Waals surface area contributed by atoms with Gasteiger partial charge in [0.05, 0.1) is 83.6 Å². The van der Waals surface area contributed by atoms with Gasteiger partial charge >= 0.3 is 40.3 Å². The molecule has 106 heavy (non-hydrogen) atoms. The molecule has 0 saturated carbocycles. The maximum atomic E-state index is 6.96. The summed E-state index contributed by atoms with van der Waals surface area (Å²) in [4.78, 5) is 45.9. The number of alkyl halides is 1. The summed E-state index contributed by atoms with van der Waals surface area (Å²) in [5.41, 5.74) is 7.05. The van der Waals surface area contributed by atoms with Gasteiger partial charge in [0.25, 0.3) is 0 Å². The first-order valence-electron chi connectivity index (χ1n) is 40.0. The van der Waals surface area contributed by atoms with Crippen molar-refractivity contribution >= 4 is 237 Å². The number of rotatable bonds is 37. The van der Waals surface area contributed by atoms with Crippen LogP contribution in [0.4, 0.5) is 0 Å². The minimum atomic E-state index is -4.81. The summed E-state index contributed by atoms with van der Waals surface area (Å²) in [6.07, 6.45) is 31.4. The molecule has 11 aromatic heterocycles. The van der Waals surface area contributed by atoms with Gasteiger partial charge in [0.1, 0.15) is 30.0 Å². The number of benzene rings is 2. The van der Waals surface area contributed by atoms with Crippen LogP contribution in [-0.4, -0.2) is 54.8 Å². The van der Waals surface area contributed by atoms with Crippen LogP contribution in [0.1, 0.15) is 210 Å². The summed E-state index contributed by atoms with van der Waals surface area (Å²) in [7, 11) is 0. The van der Waals surface area contributed by atoms with Gasteiger partial charge in [0, 0.05) is 54.2 Å². The van der Waals surface area contributed by atoms with Gasteiger partial charge in [-0.3, -0.25) is 4.98 Å². The third kappa shape index (κ3) is 25.0. The summed E-state index contributed by atoms with van der Waals surface area (Å²) in [6, 6.07) is 18.5. The standard InChI is InChI=1S/C42H50N4S6.C36H46I2N2S4.C4H5NS.CH7BIO/c1-25(2)9-7-11-27(5)13-15-29-17-19-31(49-29)39-45-35-33(41-43-21-23-47-41)38-36(34(37(35)51-39)42-44-22-24-48-42)46-40(52-38)32-20-18-30(50-32)16-14-28(6)12-8-10-26(3)4;1-21(2)9-7-11-23(5)13-15-25-17-19-27(41-25)35-39-31-29(37)34-32(30(38)33(31)43-35)40-36(44-34)28-20-18-26(42-28)16-14-24(6)12-8-10-22(3)4;1-4-5-2-3-6-4;2-3-1-4/h17-28H,7-16H2,1-6H3;17-24H,7-16H2,1-6H3;2-3H,1H3;2,4H,1H2,3H3/i;;;2T,3D3,4T. The molecular weight excluding hydrogens is 1860 g/mol. The van der Waals surface area contributed by atoms with Crippen LogP contribution in [0.3, 0.4) is 0 Å². The number of aryl methyl sites for hydroxylation is 5. The fraction of sp³-hybridized carbons (Fsp3) is 0.506. The molecule has 13 aromatic rings. The fourth-order valence-corrected chi connectivity index (χ4v) is 25.8. The Bertz CT molecular complexity index is 4570. The Morgan fingerprint density at radius 3 is 0.972 bits per heavy atom. The molecule has 0 bridgehead atoms. The molecule has 0 aliphatic heterocycles. The zero-order valence-corrected chi connectivity index (χ0v) is 79.2. The minimum absolute atomic E-state index is 0.486. The third-order valence-corrected chi connectivity index (χ3v) is 34.1. The third-order valence-electron chi connectivity index (χ3n) is 19.1. The molecule has 4 unspecified atom stereocenters. The molecule has 8 nitrogen and oxygen atoms in total. The first kappa shape index (κ1) is 79.1. The number of aromatic nitrogens is 7. The zero-order chi connectivity index (χ0) is 79.5. The van der Waals surface area contributed by atoms with Crippen molar-refractivity contribution in [3.63, 3.8) is 0 Å². The van der Waals surface area contributed by atoms with E-state index in [1.54, 1.807) is 62.9 Å². The number of halogens is 3. The fourth-order valence-electron chi connectivity index (χ4n) is 12.9. The van der Waals surface area contributed by atoms with E-state index in [0.29, 0.717) is 5.67 Å². The molecule has 1 N–H and O–H groups in total. The summed E-state index contributed by atoms with van der Waals surface area (Å²) < 4.78 is 40.4. The van der Waals surface area contributed by atoms with E-state index >= 15 is 0 Å². The van der Waals surface area contributed by atoms with E-state index < -0.39 is 25.0 Å². The van der Waals surface area contributed by atoms with Gasteiger partial charge in [-0.1, -0.05) is 160 Å². The normalized spacial score (nSPS) is 14.2. The van der Waals surface area contributed by atoms with Crippen molar-refractivity contribution in [1.29, 1.82) is 4.55 Å². The number of hydrogen-bond acceptors (Lipinski definition) is 19. The summed E-state index contributed by atoms with van der Waals surface area (Å²) in [5.74, 6) is 6.33. The molecule has 2 aromatic carbocycles. The van der Waals surface area contributed by atoms with Crippen LogP contribution in [0.15, 0.2) is 83.3 Å². The second-order valence-corrected chi connectivity index (χ2v) is 45.3. The summed E-state index contributed by atoms with van der Waals surface area (Å²) in [5, 5.41) is 17.4. The second-order valence-electron chi connectivity index (χ2n) is 30.1. The summed E-state index contributed by atoms with van der Waals surface area (Å²) >= 11 is 20.2. The SMILES string of the molecule is CC(C)CCCC(C)CCc1ccc(-c2nc3c(-c4nccs4)c4sc(-c5ccc(CCC(C)CCCC(C)C)s5)nc4c(-c4nccs4)c3s2)s1.CC(C)CCCC(C)CCc1ccc(-c2nc3c(I)c4sc(-c5ccc(CCC(C)CCCC(C)C)s5)nc4c(I)c3s2)s1.Cc1nccs1.[2H]I([2H])([2H])([B][3H])CO[3H]. The Balaban J connectivity index is 0.000000200. The van der Waals surface area contributed by atoms with Gasteiger partial charge in [-0.25, -0.2) is 29.9 Å². The Hall–Kier alpha value is -2.10. The molecule has 0 amide bonds. The van der Waals surface area contributed by atoms with E-state index in [1.165, 1.54) is 171 Å². The first-order valence-corrected chi connectivity index (χ1v) is 52.0. The van der Waals surface area contributed by atoms with Crippen molar-refractivity contribution in [3.05, 3.63) is 115 Å². The van der Waals surface area contributed by atoms with E-state index in [4.69, 9.17) is 34.5 Å². The van der Waals surface area contributed by atoms with Crippen LogP contribution in [0.5, 0.6) is 0 Å². The van der Waals surface area contributed by atoms with Crippen LogP contribution in [-0.2, 0) is 25.7 Å². The average Bonchev–Trinajstić information content (AvgIpc) is 1.56. The molecule has 13 rings (SSSR count). The Morgan fingerprint density at radius 1 is 0.406 bits per heavy atom. The van der Waals surface area contributed by atoms with Gasteiger partial charge in [0.15, 0.2) is 0 Å². The van der Waals surface area contributed by atoms with Gasteiger partial charge in [-0.2, -0.15) is 0 Å². The second kappa shape index (κ2) is 43.4. The van der Waals surface area contributed by atoms with Crippen molar-refractivity contribution in [2.75, 3.05) is 4.61 Å². The number of fused-ring (bicyclic) bond motifs is 4. The zero-order valence-electron chi connectivity index (χ0n) is 68.8. The van der Waals surface area contributed by atoms with Gasteiger partial charge in [-0.15, -0.1) is 125 Å². The van der Waals surface area contributed by atoms with Crippen molar-refractivity contribution in [2.24, 2.45) is 47.3 Å². The number of thiazole rings is 7. The molecule has 1 radical (unpaired) electrons.